The number of hydrogen-bond donors (Lipinski definition) is 2. The first-order valence-electron chi connectivity index (χ1n) is 5.42. The fourth-order valence-electron chi connectivity index (χ4n) is 1.55. The van der Waals surface area contributed by atoms with Gasteiger partial charge in [-0.25, -0.2) is 0 Å². The van der Waals surface area contributed by atoms with Crippen LogP contribution in [0.2, 0.25) is 0 Å². The van der Waals surface area contributed by atoms with Crippen molar-refractivity contribution in [2.75, 3.05) is 5.32 Å². The molecule has 0 fully saturated rings. The Kier molecular flexibility index (Phi) is 3.98. The Morgan fingerprint density at radius 1 is 1.24 bits per heavy atom. The smallest absolute Gasteiger partial charge is 0.224 e. The summed E-state index contributed by atoms with van der Waals surface area (Å²) in [5, 5.41) is 2.87. The maximum atomic E-state index is 11.7. The van der Waals surface area contributed by atoms with Gasteiger partial charge in [0.1, 0.15) is 0 Å². The summed E-state index contributed by atoms with van der Waals surface area (Å²) < 4.78 is 0.897. The quantitative estimate of drug-likeness (QED) is 0.892. The highest BCUT2D eigenvalue weighted by molar-refractivity contribution is 9.10. The topological polar surface area (TPSA) is 44.9 Å². The second kappa shape index (κ2) is 5.68. The molecule has 2 rings (SSSR count). The number of carbonyl (C=O) groups excluding carboxylic acids is 1. The number of carbonyl (C=O) groups is 1. The summed E-state index contributed by atoms with van der Waals surface area (Å²) in [5.74, 6) is 0.0199. The maximum absolute atomic E-state index is 11.7. The lowest BCUT2D eigenvalue weighted by Crippen LogP contribution is -2.12. The number of nitrogens with one attached hydrogen (secondary N) is 2. The SMILES string of the molecule is O=C(CCc1ccc[nH]1)Nc1ccccc1Br. The second-order valence-corrected chi connectivity index (χ2v) is 4.58. The molecule has 0 radical (unpaired) electrons. The zero-order valence-corrected chi connectivity index (χ0v) is 10.8. The van der Waals surface area contributed by atoms with Crippen LogP contribution in [0.3, 0.4) is 0 Å². The van der Waals surface area contributed by atoms with Gasteiger partial charge in [0.05, 0.1) is 5.69 Å². The number of hydrogen-bond acceptors (Lipinski definition) is 1. The largest absolute Gasteiger partial charge is 0.365 e. The summed E-state index contributed by atoms with van der Waals surface area (Å²) in [4.78, 5) is 14.8. The lowest BCUT2D eigenvalue weighted by molar-refractivity contribution is -0.116. The first-order valence-corrected chi connectivity index (χ1v) is 6.21. The third-order valence-electron chi connectivity index (χ3n) is 2.43. The Hall–Kier alpha value is -1.55. The van der Waals surface area contributed by atoms with Crippen LogP contribution in [-0.2, 0) is 11.2 Å². The number of rotatable bonds is 4. The number of aryl methyl sites for hydroxylation is 1. The van der Waals surface area contributed by atoms with Crippen LogP contribution in [0.5, 0.6) is 0 Å². The number of halogens is 1. The minimum atomic E-state index is 0.0199. The zero-order valence-electron chi connectivity index (χ0n) is 9.24. The summed E-state index contributed by atoms with van der Waals surface area (Å²) in [7, 11) is 0. The maximum Gasteiger partial charge on any atom is 0.224 e. The summed E-state index contributed by atoms with van der Waals surface area (Å²) in [6.07, 6.45) is 3.06. The highest BCUT2D eigenvalue weighted by Gasteiger charge is 2.05. The van der Waals surface area contributed by atoms with E-state index in [9.17, 15) is 4.79 Å². The molecule has 2 aromatic rings. The Morgan fingerprint density at radius 3 is 2.76 bits per heavy atom. The van der Waals surface area contributed by atoms with Gasteiger partial charge >= 0.3 is 0 Å². The van der Waals surface area contributed by atoms with Crippen LogP contribution in [0.1, 0.15) is 12.1 Å². The second-order valence-electron chi connectivity index (χ2n) is 3.72. The van der Waals surface area contributed by atoms with Crippen LogP contribution in [-0.4, -0.2) is 10.9 Å². The molecule has 0 aliphatic carbocycles. The Bertz CT molecular complexity index is 494. The van der Waals surface area contributed by atoms with Gasteiger partial charge in [0, 0.05) is 22.8 Å². The molecule has 0 atom stereocenters. The van der Waals surface area contributed by atoms with Crippen LogP contribution < -0.4 is 5.32 Å². The van der Waals surface area contributed by atoms with Crippen molar-refractivity contribution < 1.29 is 4.79 Å². The van der Waals surface area contributed by atoms with E-state index >= 15 is 0 Å². The van der Waals surface area contributed by atoms with E-state index in [1.165, 1.54) is 0 Å². The van der Waals surface area contributed by atoms with Gasteiger partial charge in [-0.05, 0) is 46.6 Å². The minimum Gasteiger partial charge on any atom is -0.365 e. The van der Waals surface area contributed by atoms with E-state index in [4.69, 9.17) is 0 Å². The Morgan fingerprint density at radius 2 is 2.06 bits per heavy atom. The summed E-state index contributed by atoms with van der Waals surface area (Å²) in [6, 6.07) is 11.5. The highest BCUT2D eigenvalue weighted by atomic mass is 79.9. The first kappa shape index (κ1) is 11.9. The van der Waals surface area contributed by atoms with Crippen molar-refractivity contribution in [3.63, 3.8) is 0 Å². The summed E-state index contributed by atoms with van der Waals surface area (Å²) in [5.41, 5.74) is 1.89. The first-order chi connectivity index (χ1) is 8.25. The van der Waals surface area contributed by atoms with E-state index in [0.29, 0.717) is 6.42 Å². The molecular weight excluding hydrogens is 280 g/mol. The van der Waals surface area contributed by atoms with E-state index in [1.54, 1.807) is 0 Å². The monoisotopic (exact) mass is 292 g/mol. The van der Waals surface area contributed by atoms with E-state index in [1.807, 2.05) is 42.6 Å². The van der Waals surface area contributed by atoms with Crippen molar-refractivity contribution >= 4 is 27.5 Å². The summed E-state index contributed by atoms with van der Waals surface area (Å²) >= 11 is 3.39. The van der Waals surface area contributed by atoms with Gasteiger partial charge in [-0.1, -0.05) is 12.1 Å². The van der Waals surface area contributed by atoms with Gasteiger partial charge in [-0.15, -0.1) is 0 Å². The van der Waals surface area contributed by atoms with Crippen LogP contribution in [0.15, 0.2) is 47.1 Å². The van der Waals surface area contributed by atoms with Crippen molar-refractivity contribution in [3.05, 3.63) is 52.8 Å². The van der Waals surface area contributed by atoms with Gasteiger partial charge in [-0.3, -0.25) is 4.79 Å². The molecule has 2 N–H and O–H groups in total. The summed E-state index contributed by atoms with van der Waals surface area (Å²) in [6.45, 7) is 0. The molecule has 0 saturated heterocycles. The standard InChI is InChI=1S/C13H13BrN2O/c14-11-5-1-2-6-12(11)16-13(17)8-7-10-4-3-9-15-10/h1-6,9,15H,7-8H2,(H,16,17). The number of amides is 1. The van der Waals surface area contributed by atoms with Crippen LogP contribution in [0.25, 0.3) is 0 Å². The molecule has 4 heteroatoms. The van der Waals surface area contributed by atoms with Gasteiger partial charge in [0.25, 0.3) is 0 Å². The molecular formula is C13H13BrN2O. The third-order valence-corrected chi connectivity index (χ3v) is 3.12. The molecule has 1 heterocycles. The van der Waals surface area contributed by atoms with Crippen LogP contribution >= 0.6 is 15.9 Å². The van der Waals surface area contributed by atoms with Crippen molar-refractivity contribution in [2.24, 2.45) is 0 Å². The van der Waals surface area contributed by atoms with Crippen LogP contribution in [0, 0.1) is 0 Å². The molecule has 88 valence electrons. The Balaban J connectivity index is 1.87. The van der Waals surface area contributed by atoms with E-state index in [0.717, 1.165) is 22.3 Å². The molecule has 1 aromatic carbocycles. The molecule has 0 saturated carbocycles. The lowest BCUT2D eigenvalue weighted by Gasteiger charge is -2.06. The molecule has 3 nitrogen and oxygen atoms in total. The predicted molar refractivity (Wildman–Crippen MR) is 71.9 cm³/mol. The van der Waals surface area contributed by atoms with E-state index < -0.39 is 0 Å². The number of benzene rings is 1. The number of para-hydroxylation sites is 1. The van der Waals surface area contributed by atoms with Crippen molar-refractivity contribution in [2.45, 2.75) is 12.8 Å². The van der Waals surface area contributed by atoms with Crippen molar-refractivity contribution in [3.8, 4) is 0 Å². The average Bonchev–Trinajstić information content (AvgIpc) is 2.82. The van der Waals surface area contributed by atoms with Crippen molar-refractivity contribution in [1.29, 1.82) is 0 Å². The van der Waals surface area contributed by atoms with Crippen LogP contribution in [0.4, 0.5) is 5.69 Å². The Labute approximate surface area is 108 Å². The molecule has 0 aliphatic rings. The molecule has 0 spiro atoms. The fraction of sp³-hybridized carbons (Fsp3) is 0.154. The molecule has 0 unspecified atom stereocenters. The predicted octanol–water partition coefficient (Wildman–Crippen LogP) is 3.35. The highest BCUT2D eigenvalue weighted by Crippen LogP contribution is 2.21. The molecule has 1 amide bonds. The zero-order chi connectivity index (χ0) is 12.1. The normalized spacial score (nSPS) is 10.2. The van der Waals surface area contributed by atoms with Gasteiger partial charge in [-0.2, -0.15) is 0 Å². The number of H-pyrrole nitrogens is 1. The molecule has 0 bridgehead atoms. The minimum absolute atomic E-state index is 0.0199. The molecule has 0 aliphatic heterocycles. The average molecular weight is 293 g/mol. The lowest BCUT2D eigenvalue weighted by atomic mass is 10.2. The number of aromatic nitrogens is 1. The van der Waals surface area contributed by atoms with Crippen molar-refractivity contribution in [1.82, 2.24) is 4.98 Å². The molecule has 1 aromatic heterocycles. The van der Waals surface area contributed by atoms with E-state index in [2.05, 4.69) is 26.2 Å². The van der Waals surface area contributed by atoms with Gasteiger partial charge < -0.3 is 10.3 Å². The number of anilines is 1. The fourth-order valence-corrected chi connectivity index (χ4v) is 1.93. The number of aromatic amines is 1. The van der Waals surface area contributed by atoms with Gasteiger partial charge in [0.15, 0.2) is 0 Å². The molecule has 17 heavy (non-hydrogen) atoms. The third kappa shape index (κ3) is 3.46. The van der Waals surface area contributed by atoms with Gasteiger partial charge in [0.2, 0.25) is 5.91 Å². The van der Waals surface area contributed by atoms with E-state index in [-0.39, 0.29) is 5.91 Å².